The maximum atomic E-state index is 12.5. The van der Waals surface area contributed by atoms with E-state index >= 15 is 0 Å². The van der Waals surface area contributed by atoms with E-state index in [1.165, 1.54) is 19.3 Å². The monoisotopic (exact) mass is 348 g/mol. The van der Waals surface area contributed by atoms with Crippen molar-refractivity contribution in [2.75, 3.05) is 6.61 Å². The van der Waals surface area contributed by atoms with Gasteiger partial charge < -0.3 is 9.84 Å². The maximum absolute atomic E-state index is 12.5. The van der Waals surface area contributed by atoms with Gasteiger partial charge in [-0.05, 0) is 74.5 Å². The molecule has 5 unspecified atom stereocenters. The topological polar surface area (TPSA) is 46.5 Å². The number of aliphatic hydroxyl groups is 1. The fourth-order valence-electron chi connectivity index (χ4n) is 7.85. The highest BCUT2D eigenvalue weighted by Crippen LogP contribution is 2.93. The van der Waals surface area contributed by atoms with E-state index in [-0.39, 0.29) is 18.0 Å². The second kappa shape index (κ2) is 4.82. The SMILES string of the molecule is CCC(C)(C)C(=O)OCC1(O)C2CCC3C4C(C)(C)CCC[C@@]1(C)C342. The summed E-state index contributed by atoms with van der Waals surface area (Å²) >= 11 is 0. The molecule has 4 saturated carbocycles. The van der Waals surface area contributed by atoms with Gasteiger partial charge in [-0.2, -0.15) is 0 Å². The minimum atomic E-state index is -0.823. The second-order valence-electron chi connectivity index (χ2n) is 11.1. The summed E-state index contributed by atoms with van der Waals surface area (Å²) in [6.07, 6.45) is 6.64. The van der Waals surface area contributed by atoms with Gasteiger partial charge >= 0.3 is 5.97 Å². The lowest BCUT2D eigenvalue weighted by molar-refractivity contribution is -0.293. The number of hydrogen-bond acceptors (Lipinski definition) is 3. The van der Waals surface area contributed by atoms with Crippen molar-refractivity contribution in [2.24, 2.45) is 39.4 Å². The van der Waals surface area contributed by atoms with Crippen LogP contribution in [0.15, 0.2) is 0 Å². The van der Waals surface area contributed by atoms with E-state index in [4.69, 9.17) is 4.74 Å². The number of fused-ring (bicyclic) bond motifs is 1. The van der Waals surface area contributed by atoms with Crippen molar-refractivity contribution in [1.29, 1.82) is 0 Å². The van der Waals surface area contributed by atoms with Crippen LogP contribution in [-0.2, 0) is 9.53 Å². The normalized spacial score (nSPS) is 49.5. The summed E-state index contributed by atoms with van der Waals surface area (Å²) in [4.78, 5) is 12.5. The lowest BCUT2D eigenvalue weighted by Gasteiger charge is -2.66. The number of esters is 1. The average molecular weight is 349 g/mol. The van der Waals surface area contributed by atoms with Gasteiger partial charge in [-0.1, -0.05) is 34.1 Å². The lowest BCUT2D eigenvalue weighted by atomic mass is 9.40. The average Bonchev–Trinajstić information content (AvgIpc) is 3.14. The molecule has 4 aliphatic rings. The quantitative estimate of drug-likeness (QED) is 0.757. The summed E-state index contributed by atoms with van der Waals surface area (Å²) in [7, 11) is 0. The zero-order valence-corrected chi connectivity index (χ0v) is 16.9. The van der Waals surface area contributed by atoms with Crippen LogP contribution in [0.25, 0.3) is 0 Å². The molecule has 4 rings (SSSR count). The predicted octanol–water partition coefficient (Wildman–Crippen LogP) is 4.57. The van der Waals surface area contributed by atoms with Crippen molar-refractivity contribution < 1.29 is 14.6 Å². The van der Waals surface area contributed by atoms with Crippen molar-refractivity contribution in [3.05, 3.63) is 0 Å². The molecule has 0 amide bonds. The number of rotatable bonds is 4. The summed E-state index contributed by atoms with van der Waals surface area (Å²) in [5.41, 5.74) is -0.653. The third-order valence-corrected chi connectivity index (χ3v) is 9.45. The lowest BCUT2D eigenvalue weighted by Crippen LogP contribution is -2.73. The van der Waals surface area contributed by atoms with E-state index in [2.05, 4.69) is 20.8 Å². The van der Waals surface area contributed by atoms with Gasteiger partial charge in [0, 0.05) is 5.41 Å². The molecular weight excluding hydrogens is 312 g/mol. The maximum Gasteiger partial charge on any atom is 0.311 e. The molecular formula is C22H36O3. The molecule has 3 heteroatoms. The largest absolute Gasteiger partial charge is 0.462 e. The zero-order chi connectivity index (χ0) is 18.5. The molecule has 1 spiro atoms. The molecule has 6 atom stereocenters. The Morgan fingerprint density at radius 2 is 1.88 bits per heavy atom. The molecule has 0 aliphatic heterocycles. The third kappa shape index (κ3) is 1.79. The first-order valence-corrected chi connectivity index (χ1v) is 10.4. The smallest absolute Gasteiger partial charge is 0.311 e. The molecule has 4 aliphatic carbocycles. The van der Waals surface area contributed by atoms with E-state index in [0.29, 0.717) is 16.7 Å². The molecule has 0 aromatic heterocycles. The molecule has 0 saturated heterocycles. The van der Waals surface area contributed by atoms with Crippen molar-refractivity contribution in [2.45, 2.75) is 85.7 Å². The number of ether oxygens (including phenoxy) is 1. The molecule has 0 heterocycles. The minimum Gasteiger partial charge on any atom is -0.462 e. The van der Waals surface area contributed by atoms with Crippen LogP contribution in [0.4, 0.5) is 0 Å². The van der Waals surface area contributed by atoms with E-state index < -0.39 is 11.0 Å². The second-order valence-corrected chi connectivity index (χ2v) is 11.1. The predicted molar refractivity (Wildman–Crippen MR) is 97.9 cm³/mol. The first kappa shape index (κ1) is 17.8. The van der Waals surface area contributed by atoms with Crippen molar-refractivity contribution in [1.82, 2.24) is 0 Å². The molecule has 0 aromatic rings. The summed E-state index contributed by atoms with van der Waals surface area (Å²) in [6, 6.07) is 0. The van der Waals surface area contributed by atoms with Gasteiger partial charge in [0.2, 0.25) is 0 Å². The van der Waals surface area contributed by atoms with Gasteiger partial charge in [0.05, 0.1) is 5.41 Å². The molecule has 4 fully saturated rings. The number of carbonyl (C=O) groups excluding carboxylic acids is 1. The molecule has 0 bridgehead atoms. The van der Waals surface area contributed by atoms with Gasteiger partial charge in [-0.25, -0.2) is 0 Å². The first-order chi connectivity index (χ1) is 11.5. The standard InChI is InChI=1S/C22H36O3/c1-7-18(2,3)17(23)25-13-21(24)15-10-9-14-16-19(4,5)11-8-12-20(21,6)22(14,15)16/h14-16,24H,7-13H2,1-6H3/t14?,15?,16?,20-,21?,22?/m1/s1. The van der Waals surface area contributed by atoms with Crippen LogP contribution in [0.5, 0.6) is 0 Å². The molecule has 25 heavy (non-hydrogen) atoms. The number of carbonyl (C=O) groups is 1. The molecule has 1 N–H and O–H groups in total. The number of hydrogen-bond donors (Lipinski definition) is 1. The summed E-state index contributed by atoms with van der Waals surface area (Å²) in [5.74, 6) is 1.72. The first-order valence-electron chi connectivity index (χ1n) is 10.4. The van der Waals surface area contributed by atoms with Crippen LogP contribution in [-0.4, -0.2) is 23.3 Å². The Morgan fingerprint density at radius 3 is 2.52 bits per heavy atom. The molecule has 0 aromatic carbocycles. The van der Waals surface area contributed by atoms with Crippen LogP contribution in [0, 0.1) is 39.4 Å². The Bertz CT molecular complexity index is 608. The van der Waals surface area contributed by atoms with Crippen molar-refractivity contribution in [3.63, 3.8) is 0 Å². The minimum absolute atomic E-state index is 0.0824. The van der Waals surface area contributed by atoms with Gasteiger partial charge in [0.15, 0.2) is 0 Å². The summed E-state index contributed by atoms with van der Waals surface area (Å²) < 4.78 is 5.74. The van der Waals surface area contributed by atoms with E-state index in [0.717, 1.165) is 31.1 Å². The van der Waals surface area contributed by atoms with Crippen molar-refractivity contribution in [3.8, 4) is 0 Å². The van der Waals surface area contributed by atoms with Crippen LogP contribution in [0.3, 0.4) is 0 Å². The third-order valence-electron chi connectivity index (χ3n) is 9.45. The fourth-order valence-corrected chi connectivity index (χ4v) is 7.85. The molecule has 142 valence electrons. The van der Waals surface area contributed by atoms with Gasteiger partial charge in [-0.15, -0.1) is 0 Å². The van der Waals surface area contributed by atoms with Crippen LogP contribution in [0.2, 0.25) is 0 Å². The fraction of sp³-hybridized carbons (Fsp3) is 0.955. The highest BCUT2D eigenvalue weighted by molar-refractivity contribution is 5.75. The molecule has 0 radical (unpaired) electrons. The van der Waals surface area contributed by atoms with E-state index in [9.17, 15) is 9.90 Å². The summed E-state index contributed by atoms with van der Waals surface area (Å²) in [6.45, 7) is 13.3. The van der Waals surface area contributed by atoms with Crippen LogP contribution in [0.1, 0.15) is 80.1 Å². The molecule has 3 nitrogen and oxygen atoms in total. The van der Waals surface area contributed by atoms with Gasteiger partial charge in [0.25, 0.3) is 0 Å². The Morgan fingerprint density at radius 1 is 1.20 bits per heavy atom. The van der Waals surface area contributed by atoms with Gasteiger partial charge in [0.1, 0.15) is 12.2 Å². The van der Waals surface area contributed by atoms with E-state index in [1.54, 1.807) is 0 Å². The summed E-state index contributed by atoms with van der Waals surface area (Å²) in [5, 5.41) is 11.7. The van der Waals surface area contributed by atoms with Crippen LogP contribution >= 0.6 is 0 Å². The highest BCUT2D eigenvalue weighted by atomic mass is 16.5. The van der Waals surface area contributed by atoms with Crippen LogP contribution < -0.4 is 0 Å². The Labute approximate surface area is 152 Å². The van der Waals surface area contributed by atoms with E-state index in [1.807, 2.05) is 20.8 Å². The Balaban J connectivity index is 1.60. The zero-order valence-electron chi connectivity index (χ0n) is 16.9. The van der Waals surface area contributed by atoms with Crippen molar-refractivity contribution >= 4 is 5.97 Å². The highest BCUT2D eigenvalue weighted by Gasteiger charge is 2.93. The Kier molecular flexibility index (Phi) is 3.44. The Hall–Kier alpha value is -0.570. The van der Waals surface area contributed by atoms with Gasteiger partial charge in [-0.3, -0.25) is 4.79 Å².